The van der Waals surface area contributed by atoms with Gasteiger partial charge in [0, 0.05) is 25.0 Å². The minimum atomic E-state index is -3.51. The first-order chi connectivity index (χ1) is 13.7. The molecule has 1 aliphatic rings. The number of hydrogen-bond donors (Lipinski definition) is 1. The van der Waals surface area contributed by atoms with E-state index in [1.807, 2.05) is 26.0 Å². The van der Waals surface area contributed by atoms with Crippen LogP contribution in [0.4, 0.5) is 0 Å². The molecule has 2 heterocycles. The van der Waals surface area contributed by atoms with Crippen LogP contribution in [0.25, 0.3) is 10.8 Å². The quantitative estimate of drug-likeness (QED) is 0.715. The maximum Gasteiger partial charge on any atom is 0.275 e. The van der Waals surface area contributed by atoms with Crippen molar-refractivity contribution in [2.24, 2.45) is 0 Å². The molecule has 1 aromatic heterocycles. The van der Waals surface area contributed by atoms with Gasteiger partial charge < -0.3 is 10.1 Å². The van der Waals surface area contributed by atoms with Crippen LogP contribution in [0.3, 0.4) is 0 Å². The molecule has 1 fully saturated rings. The van der Waals surface area contributed by atoms with E-state index in [1.54, 1.807) is 19.1 Å². The van der Waals surface area contributed by atoms with Gasteiger partial charge in [0.15, 0.2) is 0 Å². The Balaban J connectivity index is 1.60. The van der Waals surface area contributed by atoms with E-state index in [1.165, 1.54) is 4.31 Å². The average Bonchev–Trinajstić information content (AvgIpc) is 2.65. The highest BCUT2D eigenvalue weighted by Gasteiger charge is 2.30. The molecule has 1 N–H and O–H groups in total. The van der Waals surface area contributed by atoms with Gasteiger partial charge in [-0.3, -0.25) is 9.59 Å². The molecule has 0 aliphatic carbocycles. The molecule has 1 amide bonds. The number of carbonyl (C=O) groups is 1. The zero-order valence-electron chi connectivity index (χ0n) is 16.8. The third-order valence-corrected chi connectivity index (χ3v) is 6.61. The summed E-state index contributed by atoms with van der Waals surface area (Å²) in [7, 11) is -3.51. The molecule has 3 rings (SSSR count). The Bertz CT molecular complexity index is 1060. The highest BCUT2D eigenvalue weighted by molar-refractivity contribution is 7.89. The average molecular weight is 423 g/mol. The van der Waals surface area contributed by atoms with Crippen molar-refractivity contribution in [3.05, 3.63) is 40.3 Å². The summed E-state index contributed by atoms with van der Waals surface area (Å²) < 4.78 is 33.1. The van der Waals surface area contributed by atoms with E-state index in [4.69, 9.17) is 4.74 Å². The summed E-state index contributed by atoms with van der Waals surface area (Å²) in [5, 5.41) is 7.99. The molecule has 2 aromatic rings. The SMILES string of the molecule is Cc1nn(CC(=O)NCCS(=O)(=O)N2CC(C)OC(C)C2)c(=O)c2ccccc12. The van der Waals surface area contributed by atoms with Gasteiger partial charge in [-0.05, 0) is 26.8 Å². The molecular weight excluding hydrogens is 396 g/mol. The lowest BCUT2D eigenvalue weighted by Gasteiger charge is -2.34. The second-order valence-electron chi connectivity index (χ2n) is 7.33. The lowest BCUT2D eigenvalue weighted by molar-refractivity contribution is -0.121. The van der Waals surface area contributed by atoms with Crippen molar-refractivity contribution in [1.29, 1.82) is 0 Å². The Labute approximate surface area is 169 Å². The van der Waals surface area contributed by atoms with E-state index in [9.17, 15) is 18.0 Å². The first kappa shape index (κ1) is 21.4. The summed E-state index contributed by atoms with van der Waals surface area (Å²) in [6.45, 7) is 5.73. The van der Waals surface area contributed by atoms with Crippen LogP contribution in [0.5, 0.6) is 0 Å². The van der Waals surface area contributed by atoms with E-state index in [2.05, 4.69) is 10.4 Å². The smallest absolute Gasteiger partial charge is 0.275 e. The molecule has 0 radical (unpaired) electrons. The molecule has 2 unspecified atom stereocenters. The molecule has 29 heavy (non-hydrogen) atoms. The van der Waals surface area contributed by atoms with Crippen LogP contribution in [0, 0.1) is 6.92 Å². The van der Waals surface area contributed by atoms with Gasteiger partial charge in [-0.2, -0.15) is 9.40 Å². The molecule has 0 bridgehead atoms. The highest BCUT2D eigenvalue weighted by atomic mass is 32.2. The number of amides is 1. The second-order valence-corrected chi connectivity index (χ2v) is 9.42. The molecule has 1 aliphatic heterocycles. The summed E-state index contributed by atoms with van der Waals surface area (Å²) in [6.07, 6.45) is -0.339. The van der Waals surface area contributed by atoms with Crippen LogP contribution < -0.4 is 10.9 Å². The van der Waals surface area contributed by atoms with Gasteiger partial charge in [0.25, 0.3) is 5.56 Å². The second kappa shape index (κ2) is 8.60. The van der Waals surface area contributed by atoms with Crippen LogP contribution in [-0.2, 0) is 26.1 Å². The van der Waals surface area contributed by atoms with Crippen LogP contribution >= 0.6 is 0 Å². The van der Waals surface area contributed by atoms with E-state index in [-0.39, 0.29) is 36.6 Å². The number of benzene rings is 1. The number of aromatic nitrogens is 2. The van der Waals surface area contributed by atoms with Crippen LogP contribution in [0.2, 0.25) is 0 Å². The lowest BCUT2D eigenvalue weighted by Crippen LogP contribution is -2.49. The van der Waals surface area contributed by atoms with E-state index in [0.717, 1.165) is 10.1 Å². The van der Waals surface area contributed by atoms with Crippen molar-refractivity contribution in [2.75, 3.05) is 25.4 Å². The Morgan fingerprint density at radius 2 is 1.83 bits per heavy atom. The fraction of sp³-hybridized carbons (Fsp3) is 0.526. The van der Waals surface area contributed by atoms with Crippen molar-refractivity contribution in [3.8, 4) is 0 Å². The molecule has 10 heteroatoms. The molecule has 1 aromatic carbocycles. The van der Waals surface area contributed by atoms with Gasteiger partial charge in [-0.25, -0.2) is 13.1 Å². The summed E-state index contributed by atoms with van der Waals surface area (Å²) in [5.74, 6) is -0.676. The van der Waals surface area contributed by atoms with E-state index < -0.39 is 15.9 Å². The van der Waals surface area contributed by atoms with Gasteiger partial charge in [0.1, 0.15) is 6.54 Å². The number of aryl methyl sites for hydroxylation is 1. The largest absolute Gasteiger partial charge is 0.373 e. The maximum absolute atomic E-state index is 12.5. The predicted molar refractivity (Wildman–Crippen MR) is 109 cm³/mol. The monoisotopic (exact) mass is 422 g/mol. The fourth-order valence-electron chi connectivity index (χ4n) is 3.51. The third-order valence-electron chi connectivity index (χ3n) is 4.81. The zero-order valence-corrected chi connectivity index (χ0v) is 17.6. The Morgan fingerprint density at radius 3 is 2.48 bits per heavy atom. The Morgan fingerprint density at radius 1 is 1.21 bits per heavy atom. The number of fused-ring (bicyclic) bond motifs is 1. The number of carbonyl (C=O) groups excluding carboxylic acids is 1. The number of sulfonamides is 1. The first-order valence-corrected chi connectivity index (χ1v) is 11.1. The minimum Gasteiger partial charge on any atom is -0.373 e. The number of hydrogen-bond acceptors (Lipinski definition) is 6. The van der Waals surface area contributed by atoms with E-state index in [0.29, 0.717) is 24.2 Å². The van der Waals surface area contributed by atoms with Gasteiger partial charge >= 0.3 is 0 Å². The van der Waals surface area contributed by atoms with Gasteiger partial charge in [0.2, 0.25) is 15.9 Å². The molecule has 1 saturated heterocycles. The fourth-order valence-corrected chi connectivity index (χ4v) is 5.00. The third kappa shape index (κ3) is 5.01. The minimum absolute atomic E-state index is 0.0391. The topological polar surface area (TPSA) is 111 Å². The lowest BCUT2D eigenvalue weighted by atomic mass is 10.1. The maximum atomic E-state index is 12.5. The molecule has 2 atom stereocenters. The zero-order chi connectivity index (χ0) is 21.2. The predicted octanol–water partition coefficient (Wildman–Crippen LogP) is 0.260. The first-order valence-electron chi connectivity index (χ1n) is 9.54. The van der Waals surface area contributed by atoms with Crippen molar-refractivity contribution in [3.63, 3.8) is 0 Å². The molecular formula is C19H26N4O5S. The van der Waals surface area contributed by atoms with Crippen LogP contribution in [-0.4, -0.2) is 66.0 Å². The van der Waals surface area contributed by atoms with Crippen molar-refractivity contribution < 1.29 is 17.9 Å². The van der Waals surface area contributed by atoms with Gasteiger partial charge in [-0.15, -0.1) is 0 Å². The van der Waals surface area contributed by atoms with Gasteiger partial charge in [-0.1, -0.05) is 18.2 Å². The van der Waals surface area contributed by atoms with Crippen LogP contribution in [0.15, 0.2) is 29.1 Å². The molecule has 9 nitrogen and oxygen atoms in total. The summed E-state index contributed by atoms with van der Waals surface area (Å²) >= 11 is 0. The molecule has 0 spiro atoms. The highest BCUT2D eigenvalue weighted by Crippen LogP contribution is 2.14. The van der Waals surface area contributed by atoms with Crippen LogP contribution in [0.1, 0.15) is 19.5 Å². The van der Waals surface area contributed by atoms with Crippen molar-refractivity contribution >= 4 is 26.7 Å². The number of morpholine rings is 1. The Hall–Kier alpha value is -2.30. The van der Waals surface area contributed by atoms with Gasteiger partial charge in [0.05, 0.1) is 29.0 Å². The number of ether oxygens (including phenoxy) is 1. The molecule has 0 saturated carbocycles. The summed E-state index contributed by atoms with van der Waals surface area (Å²) in [5.41, 5.74) is 0.288. The Kier molecular flexibility index (Phi) is 6.35. The number of nitrogens with one attached hydrogen (secondary N) is 1. The summed E-state index contributed by atoms with van der Waals surface area (Å²) in [6, 6.07) is 7.08. The number of rotatable bonds is 6. The summed E-state index contributed by atoms with van der Waals surface area (Å²) in [4.78, 5) is 24.8. The molecule has 158 valence electrons. The normalized spacial score (nSPS) is 20.7. The van der Waals surface area contributed by atoms with Crippen molar-refractivity contribution in [1.82, 2.24) is 19.4 Å². The van der Waals surface area contributed by atoms with Crippen molar-refractivity contribution in [2.45, 2.75) is 39.5 Å². The number of nitrogens with zero attached hydrogens (tertiary/aromatic N) is 3. The standard InChI is InChI=1S/C19H26N4O5S/c1-13-10-22(11-14(2)28-13)29(26,27)9-8-20-18(24)12-23-19(25)17-7-5-4-6-16(17)15(3)21-23/h4-7,13-14H,8-12H2,1-3H3,(H,20,24). The van der Waals surface area contributed by atoms with E-state index >= 15 is 0 Å².